The van der Waals surface area contributed by atoms with E-state index in [9.17, 15) is 14.4 Å². The van der Waals surface area contributed by atoms with Gasteiger partial charge >= 0.3 is 6.03 Å². The van der Waals surface area contributed by atoms with Crippen LogP contribution in [0.25, 0.3) is 0 Å². The van der Waals surface area contributed by atoms with E-state index >= 15 is 0 Å². The number of anilines is 1. The van der Waals surface area contributed by atoms with Crippen LogP contribution in [0, 0.1) is 12.8 Å². The Balaban J connectivity index is 1.31. The molecule has 1 saturated carbocycles. The molecule has 1 aromatic carbocycles. The Kier molecular flexibility index (Phi) is 8.58. The van der Waals surface area contributed by atoms with E-state index in [2.05, 4.69) is 16.0 Å². The Bertz CT molecular complexity index is 787. The zero-order valence-electron chi connectivity index (χ0n) is 18.2. The minimum absolute atomic E-state index is 0.0515. The second-order valence-electron chi connectivity index (χ2n) is 8.62. The second-order valence-corrected chi connectivity index (χ2v) is 9.02. The summed E-state index contributed by atoms with van der Waals surface area (Å²) in [6, 6.07) is 5.20. The van der Waals surface area contributed by atoms with E-state index in [0.717, 1.165) is 44.1 Å². The zero-order valence-corrected chi connectivity index (χ0v) is 19.0. The molecule has 2 aliphatic rings. The van der Waals surface area contributed by atoms with E-state index in [1.165, 1.54) is 6.42 Å². The Morgan fingerprint density at radius 3 is 2.45 bits per heavy atom. The van der Waals surface area contributed by atoms with Gasteiger partial charge in [-0.05, 0) is 50.3 Å². The van der Waals surface area contributed by atoms with Crippen LogP contribution >= 0.6 is 11.6 Å². The third-order valence-electron chi connectivity index (χ3n) is 6.13. The van der Waals surface area contributed by atoms with Gasteiger partial charge in [-0.1, -0.05) is 36.9 Å². The Morgan fingerprint density at radius 1 is 1.06 bits per heavy atom. The van der Waals surface area contributed by atoms with Crippen LogP contribution in [0.15, 0.2) is 18.2 Å². The highest BCUT2D eigenvalue weighted by molar-refractivity contribution is 6.33. The highest BCUT2D eigenvalue weighted by Gasteiger charge is 2.29. The first-order chi connectivity index (χ1) is 14.9. The molecule has 7 nitrogen and oxygen atoms in total. The van der Waals surface area contributed by atoms with E-state index in [-0.39, 0.29) is 36.9 Å². The average molecular weight is 449 g/mol. The van der Waals surface area contributed by atoms with Gasteiger partial charge in [-0.2, -0.15) is 0 Å². The number of rotatable bonds is 6. The molecule has 2 fully saturated rings. The van der Waals surface area contributed by atoms with Gasteiger partial charge in [-0.25, -0.2) is 4.79 Å². The van der Waals surface area contributed by atoms with Crippen LogP contribution in [0.5, 0.6) is 0 Å². The molecule has 170 valence electrons. The molecule has 0 atom stereocenters. The molecule has 0 spiro atoms. The fourth-order valence-electron chi connectivity index (χ4n) is 4.31. The van der Waals surface area contributed by atoms with Crippen molar-refractivity contribution in [2.75, 3.05) is 25.0 Å². The number of benzene rings is 1. The first-order valence-corrected chi connectivity index (χ1v) is 11.7. The lowest BCUT2D eigenvalue weighted by Crippen LogP contribution is -2.50. The number of hydrogen-bond acceptors (Lipinski definition) is 3. The molecule has 0 aromatic heterocycles. The molecule has 0 radical (unpaired) electrons. The van der Waals surface area contributed by atoms with Crippen molar-refractivity contribution in [2.45, 2.75) is 64.3 Å². The van der Waals surface area contributed by atoms with Crippen molar-refractivity contribution < 1.29 is 14.4 Å². The Hall–Kier alpha value is -2.28. The number of carbonyl (C=O) groups is 3. The number of likely N-dealkylation sites (tertiary alicyclic amines) is 1. The number of hydrogen-bond donors (Lipinski definition) is 3. The highest BCUT2D eigenvalue weighted by Crippen LogP contribution is 2.26. The van der Waals surface area contributed by atoms with E-state index in [0.29, 0.717) is 29.7 Å². The van der Waals surface area contributed by atoms with Crippen LogP contribution in [0.2, 0.25) is 5.02 Å². The largest absolute Gasteiger partial charge is 0.342 e. The number of nitrogens with zero attached hydrogens (tertiary/aromatic N) is 1. The van der Waals surface area contributed by atoms with Gasteiger partial charge < -0.3 is 20.9 Å². The first-order valence-electron chi connectivity index (χ1n) is 11.3. The number of halogens is 1. The standard InChI is InChI=1S/C23H33ClN4O3/c1-16-7-8-20(19(24)15-16)27-21(29)9-12-25-23(31)26-18-10-13-28(14-11-18)22(30)17-5-3-2-4-6-17/h7-8,15,17-18H,2-6,9-14H2,1H3,(H,27,29)(H2,25,26,31). The molecule has 31 heavy (non-hydrogen) atoms. The summed E-state index contributed by atoms with van der Waals surface area (Å²) >= 11 is 6.12. The first kappa shape index (κ1) is 23.4. The van der Waals surface area contributed by atoms with E-state index in [4.69, 9.17) is 11.6 Å². The monoisotopic (exact) mass is 448 g/mol. The third kappa shape index (κ3) is 7.13. The molecule has 4 amide bonds. The Morgan fingerprint density at radius 2 is 1.77 bits per heavy atom. The summed E-state index contributed by atoms with van der Waals surface area (Å²) in [5, 5.41) is 8.94. The van der Waals surface area contributed by atoms with Crippen LogP contribution in [-0.2, 0) is 9.59 Å². The fourth-order valence-corrected chi connectivity index (χ4v) is 4.59. The lowest BCUT2D eigenvalue weighted by atomic mass is 9.87. The summed E-state index contributed by atoms with van der Waals surface area (Å²) in [6.45, 7) is 3.55. The van der Waals surface area contributed by atoms with Crippen molar-refractivity contribution in [1.29, 1.82) is 0 Å². The van der Waals surface area contributed by atoms with Crippen molar-refractivity contribution in [3.63, 3.8) is 0 Å². The quantitative estimate of drug-likeness (QED) is 0.617. The predicted molar refractivity (Wildman–Crippen MR) is 122 cm³/mol. The molecular formula is C23H33ClN4O3. The number of urea groups is 1. The maximum absolute atomic E-state index is 12.6. The van der Waals surface area contributed by atoms with Crippen LogP contribution in [0.1, 0.15) is 56.9 Å². The molecule has 3 N–H and O–H groups in total. The molecule has 1 saturated heterocycles. The summed E-state index contributed by atoms with van der Waals surface area (Å²) in [5.74, 6) is 0.283. The topological polar surface area (TPSA) is 90.5 Å². The number of aryl methyl sites for hydroxylation is 1. The number of carbonyl (C=O) groups excluding carboxylic acids is 3. The van der Waals surface area contributed by atoms with Gasteiger partial charge in [-0.15, -0.1) is 0 Å². The molecule has 1 aromatic rings. The van der Waals surface area contributed by atoms with Crippen molar-refractivity contribution >= 4 is 35.1 Å². The van der Waals surface area contributed by atoms with Crippen molar-refractivity contribution in [1.82, 2.24) is 15.5 Å². The molecule has 0 unspecified atom stereocenters. The summed E-state index contributed by atoms with van der Waals surface area (Å²) in [6.07, 6.45) is 7.27. The van der Waals surface area contributed by atoms with Crippen LogP contribution in [-0.4, -0.2) is 48.4 Å². The van der Waals surface area contributed by atoms with Crippen LogP contribution in [0.3, 0.4) is 0 Å². The summed E-state index contributed by atoms with van der Waals surface area (Å²) < 4.78 is 0. The van der Waals surface area contributed by atoms with Gasteiger partial charge in [0, 0.05) is 38.0 Å². The number of nitrogens with one attached hydrogen (secondary N) is 3. The number of amides is 4. The molecule has 1 aliphatic heterocycles. The van der Waals surface area contributed by atoms with Gasteiger partial charge in [0.05, 0.1) is 10.7 Å². The van der Waals surface area contributed by atoms with Gasteiger partial charge in [0.1, 0.15) is 0 Å². The van der Waals surface area contributed by atoms with E-state index < -0.39 is 0 Å². The summed E-state index contributed by atoms with van der Waals surface area (Å²) in [7, 11) is 0. The molecule has 8 heteroatoms. The van der Waals surface area contributed by atoms with E-state index in [1.54, 1.807) is 12.1 Å². The van der Waals surface area contributed by atoms with Crippen LogP contribution in [0.4, 0.5) is 10.5 Å². The molecule has 3 rings (SSSR count). The number of piperidine rings is 1. The normalized spacial score (nSPS) is 17.8. The fraction of sp³-hybridized carbons (Fsp3) is 0.609. The predicted octanol–water partition coefficient (Wildman–Crippen LogP) is 3.85. The SMILES string of the molecule is Cc1ccc(NC(=O)CCNC(=O)NC2CCN(C(=O)C3CCCCC3)CC2)c(Cl)c1. The average Bonchev–Trinajstić information content (AvgIpc) is 2.76. The third-order valence-corrected chi connectivity index (χ3v) is 6.45. The second kappa shape index (κ2) is 11.4. The lowest BCUT2D eigenvalue weighted by molar-refractivity contribution is -0.137. The van der Waals surface area contributed by atoms with Crippen molar-refractivity contribution in [2.24, 2.45) is 5.92 Å². The smallest absolute Gasteiger partial charge is 0.315 e. The molecule has 1 aliphatic carbocycles. The molecular weight excluding hydrogens is 416 g/mol. The van der Waals surface area contributed by atoms with Crippen LogP contribution < -0.4 is 16.0 Å². The Labute approximate surface area is 189 Å². The lowest BCUT2D eigenvalue weighted by Gasteiger charge is -2.35. The van der Waals surface area contributed by atoms with E-state index in [1.807, 2.05) is 17.9 Å². The molecule has 0 bridgehead atoms. The van der Waals surface area contributed by atoms with Gasteiger partial charge in [-0.3, -0.25) is 9.59 Å². The highest BCUT2D eigenvalue weighted by atomic mass is 35.5. The van der Waals surface area contributed by atoms with Gasteiger partial charge in [0.25, 0.3) is 0 Å². The minimum atomic E-state index is -0.279. The summed E-state index contributed by atoms with van der Waals surface area (Å²) in [4.78, 5) is 38.8. The minimum Gasteiger partial charge on any atom is -0.342 e. The zero-order chi connectivity index (χ0) is 22.2. The van der Waals surface area contributed by atoms with Gasteiger partial charge in [0.15, 0.2) is 0 Å². The summed E-state index contributed by atoms with van der Waals surface area (Å²) in [5.41, 5.74) is 1.58. The molecule has 1 heterocycles. The van der Waals surface area contributed by atoms with Crippen molar-refractivity contribution in [3.05, 3.63) is 28.8 Å². The maximum Gasteiger partial charge on any atom is 0.315 e. The van der Waals surface area contributed by atoms with Gasteiger partial charge in [0.2, 0.25) is 11.8 Å². The maximum atomic E-state index is 12.6. The van der Waals surface area contributed by atoms with Crippen molar-refractivity contribution in [3.8, 4) is 0 Å².